The molecular weight excluding hydrogens is 480 g/mol. The second-order valence-corrected chi connectivity index (χ2v) is 8.80. The van der Waals surface area contributed by atoms with Gasteiger partial charge in [0.05, 0.1) is 17.5 Å². The highest BCUT2D eigenvalue weighted by atomic mass is 16.1. The number of carbonyl (C=O) groups is 1. The van der Waals surface area contributed by atoms with Gasteiger partial charge < -0.3 is 25.4 Å². The minimum atomic E-state index is 0.404. The Morgan fingerprint density at radius 1 is 0.868 bits per heavy atom. The predicted molar refractivity (Wildman–Crippen MR) is 151 cm³/mol. The Balaban J connectivity index is 0.000000287. The highest BCUT2D eigenvalue weighted by Crippen LogP contribution is 2.25. The number of H-pyrrole nitrogens is 1. The Hall–Kier alpha value is -4.28. The van der Waals surface area contributed by atoms with Gasteiger partial charge in [-0.2, -0.15) is 4.98 Å². The number of rotatable bonds is 4. The van der Waals surface area contributed by atoms with Crippen molar-refractivity contribution in [2.24, 2.45) is 0 Å². The first kappa shape index (κ1) is 26.8. The van der Waals surface area contributed by atoms with Crippen molar-refractivity contribution in [3.63, 3.8) is 0 Å². The quantitative estimate of drug-likeness (QED) is 0.392. The van der Waals surface area contributed by atoms with E-state index >= 15 is 0 Å². The molecule has 0 aromatic carbocycles. The van der Waals surface area contributed by atoms with Crippen LogP contribution in [0.4, 0.5) is 17.6 Å². The van der Waals surface area contributed by atoms with Gasteiger partial charge >= 0.3 is 0 Å². The van der Waals surface area contributed by atoms with Crippen molar-refractivity contribution in [2.75, 3.05) is 54.8 Å². The van der Waals surface area contributed by atoms with Crippen molar-refractivity contribution < 1.29 is 4.79 Å². The van der Waals surface area contributed by atoms with Gasteiger partial charge in [-0.3, -0.25) is 4.79 Å². The van der Waals surface area contributed by atoms with E-state index in [1.54, 1.807) is 12.4 Å². The van der Waals surface area contributed by atoms with Gasteiger partial charge in [0.25, 0.3) is 0 Å². The fourth-order valence-electron chi connectivity index (χ4n) is 4.40. The van der Waals surface area contributed by atoms with E-state index in [2.05, 4.69) is 39.7 Å². The molecule has 11 nitrogen and oxygen atoms in total. The highest BCUT2D eigenvalue weighted by molar-refractivity contribution is 5.77. The average Bonchev–Trinajstić information content (AvgIpc) is 3.48. The molecule has 0 aliphatic carbocycles. The molecule has 6 heterocycles. The summed E-state index contributed by atoms with van der Waals surface area (Å²) in [5.74, 6) is 2.04. The number of carbonyl (C=O) groups excluding carboxylic acids is 1. The summed E-state index contributed by atoms with van der Waals surface area (Å²) >= 11 is 0. The number of aromatic amines is 1. The third kappa shape index (κ3) is 6.53. The minimum absolute atomic E-state index is 0.404. The van der Waals surface area contributed by atoms with Crippen LogP contribution in [0.3, 0.4) is 0 Å². The third-order valence-electron chi connectivity index (χ3n) is 6.42. The Labute approximate surface area is 223 Å². The third-order valence-corrected chi connectivity index (χ3v) is 6.42. The van der Waals surface area contributed by atoms with Crippen molar-refractivity contribution in [2.45, 2.75) is 33.1 Å². The van der Waals surface area contributed by atoms with Crippen LogP contribution in [0.2, 0.25) is 0 Å². The van der Waals surface area contributed by atoms with Gasteiger partial charge in [0.2, 0.25) is 12.4 Å². The first-order chi connectivity index (χ1) is 18.7. The molecule has 0 radical (unpaired) electrons. The Kier molecular flexibility index (Phi) is 9.38. The molecular formula is C27H36N10O. The van der Waals surface area contributed by atoms with Crippen LogP contribution in [0, 0.1) is 0 Å². The number of amides is 1. The van der Waals surface area contributed by atoms with Crippen LogP contribution in [0.15, 0.2) is 49.1 Å². The van der Waals surface area contributed by atoms with Gasteiger partial charge in [-0.25, -0.2) is 19.9 Å². The van der Waals surface area contributed by atoms with Gasteiger partial charge in [0.15, 0.2) is 5.65 Å². The van der Waals surface area contributed by atoms with Crippen molar-refractivity contribution in [1.82, 2.24) is 34.8 Å². The lowest BCUT2D eigenvalue weighted by atomic mass is 10.1. The fourth-order valence-corrected chi connectivity index (χ4v) is 4.40. The number of aromatic nitrogens is 6. The maximum absolute atomic E-state index is 10.1. The number of anilines is 3. The molecule has 4 aromatic heterocycles. The number of likely N-dealkylation sites (tertiary alicyclic amines) is 1. The molecule has 2 saturated heterocycles. The number of piperazine rings is 1. The van der Waals surface area contributed by atoms with E-state index in [0.717, 1.165) is 62.7 Å². The summed E-state index contributed by atoms with van der Waals surface area (Å²) in [7, 11) is 0. The summed E-state index contributed by atoms with van der Waals surface area (Å²) in [4.78, 5) is 41.7. The Morgan fingerprint density at radius 2 is 1.63 bits per heavy atom. The summed E-state index contributed by atoms with van der Waals surface area (Å²) in [6, 6.07) is 7.83. The summed E-state index contributed by atoms with van der Waals surface area (Å²) in [6.07, 6.45) is 11.7. The summed E-state index contributed by atoms with van der Waals surface area (Å²) in [5, 5.41) is 0. The van der Waals surface area contributed by atoms with Crippen molar-refractivity contribution in [3.8, 4) is 11.3 Å². The van der Waals surface area contributed by atoms with E-state index in [0.29, 0.717) is 23.0 Å². The topological polar surface area (TPSA) is 133 Å². The lowest BCUT2D eigenvalue weighted by Gasteiger charge is -2.35. The molecule has 11 heteroatoms. The van der Waals surface area contributed by atoms with E-state index in [-0.39, 0.29) is 0 Å². The van der Waals surface area contributed by atoms with Gasteiger partial charge in [-0.05, 0) is 37.5 Å². The molecule has 38 heavy (non-hydrogen) atoms. The zero-order valence-corrected chi connectivity index (χ0v) is 22.1. The second-order valence-electron chi connectivity index (χ2n) is 8.80. The summed E-state index contributed by atoms with van der Waals surface area (Å²) < 4.78 is 0. The lowest BCUT2D eigenvalue weighted by Crippen LogP contribution is -2.47. The number of nitrogen functional groups attached to an aromatic ring is 1. The number of pyridine rings is 1. The fraction of sp³-hybridized carbons (Fsp3) is 0.407. The molecule has 0 spiro atoms. The summed E-state index contributed by atoms with van der Waals surface area (Å²) in [5.41, 5.74) is 9.10. The van der Waals surface area contributed by atoms with Crippen molar-refractivity contribution in [3.05, 3.63) is 49.1 Å². The molecule has 2 fully saturated rings. The number of nitrogens with zero attached hydrogens (tertiary/aromatic N) is 8. The largest absolute Gasteiger partial charge is 0.383 e. The monoisotopic (exact) mass is 516 g/mol. The lowest BCUT2D eigenvalue weighted by molar-refractivity contribution is -0.118. The molecule has 6 rings (SSSR count). The van der Waals surface area contributed by atoms with Crippen molar-refractivity contribution in [1.29, 1.82) is 0 Å². The molecule has 3 N–H and O–H groups in total. The van der Waals surface area contributed by atoms with Gasteiger partial charge in [0, 0.05) is 57.9 Å². The van der Waals surface area contributed by atoms with Crippen LogP contribution < -0.4 is 15.5 Å². The van der Waals surface area contributed by atoms with Gasteiger partial charge in [0.1, 0.15) is 17.2 Å². The van der Waals surface area contributed by atoms with Crippen LogP contribution in [0.5, 0.6) is 0 Å². The molecule has 200 valence electrons. The first-order valence-electron chi connectivity index (χ1n) is 13.2. The molecule has 0 bridgehead atoms. The average molecular weight is 517 g/mol. The van der Waals surface area contributed by atoms with E-state index in [4.69, 9.17) is 5.73 Å². The number of nitrogens with one attached hydrogen (secondary N) is 1. The smallest absolute Gasteiger partial charge is 0.227 e. The molecule has 4 aromatic rings. The van der Waals surface area contributed by atoms with Gasteiger partial charge in [-0.15, -0.1) is 0 Å². The molecule has 2 aliphatic heterocycles. The maximum Gasteiger partial charge on any atom is 0.227 e. The summed E-state index contributed by atoms with van der Waals surface area (Å²) in [6.45, 7) is 9.29. The zero-order chi connectivity index (χ0) is 26.7. The highest BCUT2D eigenvalue weighted by Gasteiger charge is 2.21. The van der Waals surface area contributed by atoms with E-state index in [1.807, 2.05) is 55.4 Å². The van der Waals surface area contributed by atoms with Crippen LogP contribution >= 0.6 is 0 Å². The molecule has 1 amide bonds. The standard InChI is InChI=1S/C19H19N9.C6H11NO.C2H6/c20-17-13(15-12-23-18-14(25-15)4-6-22-18)11-24-19(26-17)28-9-7-27(8-10-28)16-3-1-2-5-21-16;8-6-7-4-2-1-3-5-7;1-2/h1-6,11-12H,7-10H2,(H,22,23)(H2,20,24,26);6H,1-5H2;1-2H3. The Bertz CT molecular complexity index is 1280. The van der Waals surface area contributed by atoms with E-state index in [9.17, 15) is 4.79 Å². The number of piperidine rings is 1. The first-order valence-corrected chi connectivity index (χ1v) is 13.2. The number of hydrogen-bond acceptors (Lipinski definition) is 9. The normalized spacial score (nSPS) is 15.3. The second kappa shape index (κ2) is 13.3. The molecule has 0 atom stereocenters. The van der Waals surface area contributed by atoms with Crippen LogP contribution in [0.25, 0.3) is 22.4 Å². The SMILES string of the molecule is CC.Nc1nc(N2CCN(c3ccccn3)CC2)ncc1-c1cnc2[nH]ccc2n1.O=CN1CCCCC1. The molecule has 0 saturated carbocycles. The Morgan fingerprint density at radius 3 is 2.29 bits per heavy atom. The van der Waals surface area contributed by atoms with Gasteiger partial charge in [-0.1, -0.05) is 19.9 Å². The van der Waals surface area contributed by atoms with E-state index < -0.39 is 0 Å². The van der Waals surface area contributed by atoms with Crippen molar-refractivity contribution >= 4 is 35.2 Å². The minimum Gasteiger partial charge on any atom is -0.383 e. The maximum atomic E-state index is 10.1. The van der Waals surface area contributed by atoms with Crippen LogP contribution in [-0.4, -0.2) is 80.5 Å². The zero-order valence-electron chi connectivity index (χ0n) is 22.1. The van der Waals surface area contributed by atoms with Crippen LogP contribution in [0.1, 0.15) is 33.1 Å². The number of hydrogen-bond donors (Lipinski definition) is 2. The predicted octanol–water partition coefficient (Wildman–Crippen LogP) is 3.37. The molecule has 0 unspecified atom stereocenters. The number of nitrogens with two attached hydrogens (primary N) is 1. The van der Waals surface area contributed by atoms with E-state index in [1.165, 1.54) is 19.3 Å². The number of fused-ring (bicyclic) bond motifs is 1. The van der Waals surface area contributed by atoms with Crippen LogP contribution in [-0.2, 0) is 4.79 Å². The molecule has 2 aliphatic rings.